The molecule has 1 aromatic rings. The molecule has 1 unspecified atom stereocenters. The topological polar surface area (TPSA) is 84.9 Å². The molecule has 0 bridgehead atoms. The van der Waals surface area contributed by atoms with Crippen LogP contribution in [0.5, 0.6) is 11.5 Å². The van der Waals surface area contributed by atoms with Gasteiger partial charge in [0, 0.05) is 24.8 Å². The summed E-state index contributed by atoms with van der Waals surface area (Å²) in [4.78, 5) is 13.5. The monoisotopic (exact) mass is 362 g/mol. The molecule has 1 fully saturated rings. The number of sulfone groups is 1. The highest BCUT2D eigenvalue weighted by molar-refractivity contribution is 7.91. The number of nitrogens with zero attached hydrogens (tertiary/aromatic N) is 1. The Bertz CT molecular complexity index is 768. The van der Waals surface area contributed by atoms with Crippen molar-refractivity contribution < 1.29 is 31.5 Å². The SMILES string of the molecule is CN(C(=O)CNc1ccc2c(c1)OC(F)(F)O2)C1CCS(=O)(=O)C1. The molecule has 0 saturated carbocycles. The van der Waals surface area contributed by atoms with E-state index in [0.29, 0.717) is 12.1 Å². The minimum Gasteiger partial charge on any atom is -0.395 e. The maximum Gasteiger partial charge on any atom is 0.586 e. The Labute approximate surface area is 137 Å². The van der Waals surface area contributed by atoms with E-state index >= 15 is 0 Å². The summed E-state index contributed by atoms with van der Waals surface area (Å²) in [6, 6.07) is 3.77. The van der Waals surface area contributed by atoms with Crippen LogP contribution in [0.1, 0.15) is 6.42 Å². The van der Waals surface area contributed by atoms with E-state index in [-0.39, 0.29) is 41.5 Å². The van der Waals surface area contributed by atoms with Gasteiger partial charge in [0.25, 0.3) is 0 Å². The first-order valence-electron chi connectivity index (χ1n) is 7.25. The van der Waals surface area contributed by atoms with Crippen molar-refractivity contribution >= 4 is 21.4 Å². The first kappa shape index (κ1) is 16.7. The number of carbonyl (C=O) groups excluding carboxylic acids is 1. The molecule has 24 heavy (non-hydrogen) atoms. The fourth-order valence-corrected chi connectivity index (χ4v) is 4.42. The molecule has 0 aromatic heterocycles. The molecule has 2 heterocycles. The third-order valence-corrected chi connectivity index (χ3v) is 5.74. The summed E-state index contributed by atoms with van der Waals surface area (Å²) in [5.74, 6) is -0.439. The van der Waals surface area contributed by atoms with Crippen molar-refractivity contribution in [3.05, 3.63) is 18.2 Å². The lowest BCUT2D eigenvalue weighted by Gasteiger charge is -2.23. The van der Waals surface area contributed by atoms with Crippen LogP contribution in [0.2, 0.25) is 0 Å². The van der Waals surface area contributed by atoms with Crippen molar-refractivity contribution in [2.45, 2.75) is 18.8 Å². The number of rotatable bonds is 4. The highest BCUT2D eigenvalue weighted by atomic mass is 32.2. The van der Waals surface area contributed by atoms with Gasteiger partial charge in [-0.3, -0.25) is 4.79 Å². The van der Waals surface area contributed by atoms with Crippen LogP contribution in [0, 0.1) is 0 Å². The molecule has 3 rings (SSSR count). The third kappa shape index (κ3) is 3.53. The van der Waals surface area contributed by atoms with E-state index in [1.54, 1.807) is 7.05 Å². The molecule has 2 aliphatic heterocycles. The number of benzene rings is 1. The van der Waals surface area contributed by atoms with E-state index in [9.17, 15) is 22.0 Å². The first-order valence-corrected chi connectivity index (χ1v) is 9.07. The van der Waals surface area contributed by atoms with Crippen LogP contribution in [0.4, 0.5) is 14.5 Å². The average Bonchev–Trinajstić information content (AvgIpc) is 3.00. The van der Waals surface area contributed by atoms with Gasteiger partial charge in [-0.2, -0.15) is 0 Å². The van der Waals surface area contributed by atoms with Gasteiger partial charge in [0.05, 0.1) is 18.1 Å². The van der Waals surface area contributed by atoms with Gasteiger partial charge in [-0.1, -0.05) is 0 Å². The van der Waals surface area contributed by atoms with Gasteiger partial charge in [0.15, 0.2) is 21.3 Å². The Morgan fingerprint density at radius 3 is 2.75 bits per heavy atom. The third-order valence-electron chi connectivity index (χ3n) is 3.99. The van der Waals surface area contributed by atoms with E-state index in [0.717, 1.165) is 0 Å². The van der Waals surface area contributed by atoms with E-state index < -0.39 is 16.1 Å². The lowest BCUT2D eigenvalue weighted by Crippen LogP contribution is -2.40. The maximum absolute atomic E-state index is 12.9. The van der Waals surface area contributed by atoms with Gasteiger partial charge in [0.2, 0.25) is 5.91 Å². The van der Waals surface area contributed by atoms with Crippen LogP contribution in [-0.4, -0.2) is 56.7 Å². The summed E-state index contributed by atoms with van der Waals surface area (Å²) in [7, 11) is -1.52. The summed E-state index contributed by atoms with van der Waals surface area (Å²) >= 11 is 0. The van der Waals surface area contributed by atoms with Crippen molar-refractivity contribution in [1.82, 2.24) is 4.90 Å². The Morgan fingerprint density at radius 1 is 1.38 bits per heavy atom. The van der Waals surface area contributed by atoms with Crippen LogP contribution in [-0.2, 0) is 14.6 Å². The number of nitrogens with one attached hydrogen (secondary N) is 1. The second kappa shape index (κ2) is 5.76. The number of amides is 1. The van der Waals surface area contributed by atoms with Crippen molar-refractivity contribution in [2.24, 2.45) is 0 Å². The second-order valence-corrected chi connectivity index (χ2v) is 7.97. The molecule has 1 atom stereocenters. The van der Waals surface area contributed by atoms with Crippen LogP contribution in [0.3, 0.4) is 0 Å². The molecule has 132 valence electrons. The molecule has 10 heteroatoms. The number of anilines is 1. The molecule has 7 nitrogen and oxygen atoms in total. The van der Waals surface area contributed by atoms with Gasteiger partial charge in [-0.25, -0.2) is 8.42 Å². The van der Waals surface area contributed by atoms with Crippen LogP contribution >= 0.6 is 0 Å². The molecular formula is C14H16F2N2O5S. The molecule has 0 aliphatic carbocycles. The summed E-state index contributed by atoms with van der Waals surface area (Å²) in [5.41, 5.74) is 0.413. The van der Waals surface area contributed by atoms with Crippen molar-refractivity contribution in [2.75, 3.05) is 30.4 Å². The Hall–Kier alpha value is -2.10. The minimum atomic E-state index is -3.69. The summed E-state index contributed by atoms with van der Waals surface area (Å²) in [6.45, 7) is -0.0942. The molecule has 1 aromatic carbocycles. The standard InChI is InChI=1S/C14H16F2N2O5S/c1-18(10-4-5-24(20,21)8-10)13(19)7-17-9-2-3-11-12(6-9)23-14(15,16)22-11/h2-3,6,10,17H,4-5,7-8H2,1H3. The predicted molar refractivity (Wildman–Crippen MR) is 81.0 cm³/mol. The van der Waals surface area contributed by atoms with Gasteiger partial charge in [-0.15, -0.1) is 8.78 Å². The average molecular weight is 362 g/mol. The highest BCUT2D eigenvalue weighted by Crippen LogP contribution is 2.42. The number of hydrogen-bond acceptors (Lipinski definition) is 6. The predicted octanol–water partition coefficient (Wildman–Crippen LogP) is 1.07. The summed E-state index contributed by atoms with van der Waals surface area (Å²) in [5, 5.41) is 2.81. The molecule has 1 N–H and O–H groups in total. The molecule has 2 aliphatic rings. The zero-order chi connectivity index (χ0) is 17.5. The number of halogens is 2. The van der Waals surface area contributed by atoms with Crippen LogP contribution in [0.15, 0.2) is 18.2 Å². The lowest BCUT2D eigenvalue weighted by molar-refractivity contribution is -0.286. The fraction of sp³-hybridized carbons (Fsp3) is 0.500. The number of likely N-dealkylation sites (N-methyl/N-ethyl adjacent to an activating group) is 1. The molecular weight excluding hydrogens is 346 g/mol. The van der Waals surface area contributed by atoms with Gasteiger partial charge in [-0.05, 0) is 18.6 Å². The van der Waals surface area contributed by atoms with E-state index in [4.69, 9.17) is 0 Å². The smallest absolute Gasteiger partial charge is 0.395 e. The second-order valence-electron chi connectivity index (χ2n) is 5.74. The van der Waals surface area contributed by atoms with Gasteiger partial charge in [0.1, 0.15) is 0 Å². The van der Waals surface area contributed by atoms with E-state index in [1.807, 2.05) is 0 Å². The first-order chi connectivity index (χ1) is 11.2. The summed E-state index contributed by atoms with van der Waals surface area (Å²) < 4.78 is 57.5. The summed E-state index contributed by atoms with van der Waals surface area (Å²) in [6.07, 6.45) is -3.27. The molecule has 1 saturated heterocycles. The zero-order valence-electron chi connectivity index (χ0n) is 12.8. The van der Waals surface area contributed by atoms with Crippen molar-refractivity contribution in [3.63, 3.8) is 0 Å². The van der Waals surface area contributed by atoms with Gasteiger partial charge < -0.3 is 19.7 Å². The Kier molecular flexibility index (Phi) is 4.02. The fourth-order valence-electron chi connectivity index (χ4n) is 2.65. The lowest BCUT2D eigenvalue weighted by atomic mass is 10.2. The maximum atomic E-state index is 12.9. The molecule has 0 spiro atoms. The Balaban J connectivity index is 1.57. The number of fused-ring (bicyclic) bond motifs is 1. The highest BCUT2D eigenvalue weighted by Gasteiger charge is 2.43. The largest absolute Gasteiger partial charge is 0.586 e. The number of alkyl halides is 2. The number of carbonyl (C=O) groups is 1. The number of hydrogen-bond donors (Lipinski definition) is 1. The van der Waals surface area contributed by atoms with Crippen LogP contribution in [0.25, 0.3) is 0 Å². The molecule has 0 radical (unpaired) electrons. The zero-order valence-corrected chi connectivity index (χ0v) is 13.6. The van der Waals surface area contributed by atoms with Crippen molar-refractivity contribution in [3.8, 4) is 11.5 Å². The van der Waals surface area contributed by atoms with E-state index in [2.05, 4.69) is 14.8 Å². The van der Waals surface area contributed by atoms with Crippen LogP contribution < -0.4 is 14.8 Å². The number of ether oxygens (including phenoxy) is 2. The van der Waals surface area contributed by atoms with E-state index in [1.165, 1.54) is 23.1 Å². The van der Waals surface area contributed by atoms with Gasteiger partial charge >= 0.3 is 6.29 Å². The minimum absolute atomic E-state index is 0.0334. The van der Waals surface area contributed by atoms with Crippen molar-refractivity contribution in [1.29, 1.82) is 0 Å². The Morgan fingerprint density at radius 2 is 2.08 bits per heavy atom. The normalized spacial score (nSPS) is 23.0. The quantitative estimate of drug-likeness (QED) is 0.862. The molecule has 1 amide bonds.